The van der Waals surface area contributed by atoms with Crippen molar-refractivity contribution in [1.82, 2.24) is 0 Å². The topological polar surface area (TPSA) is 49.4 Å². The minimum atomic E-state index is -0.196. The van der Waals surface area contributed by atoms with Crippen LogP contribution in [0.2, 0.25) is 0 Å². The van der Waals surface area contributed by atoms with E-state index >= 15 is 0 Å². The monoisotopic (exact) mass is 458 g/mol. The minimum Gasteiger partial charge on any atom is -0.322 e. The van der Waals surface area contributed by atoms with E-state index in [0.717, 1.165) is 28.1 Å². The van der Waals surface area contributed by atoms with Crippen molar-refractivity contribution >= 4 is 35.0 Å². The van der Waals surface area contributed by atoms with Crippen molar-refractivity contribution in [3.63, 3.8) is 0 Å². The number of rotatable bonds is 4. The molecule has 4 nitrogen and oxygen atoms in total. The molecule has 1 aliphatic heterocycles. The number of hydrogen-bond donors (Lipinski definition) is 1. The molecule has 0 radical (unpaired) electrons. The summed E-state index contributed by atoms with van der Waals surface area (Å²) >= 11 is 1.59. The molecule has 0 spiro atoms. The summed E-state index contributed by atoms with van der Waals surface area (Å²) in [5, 5.41) is 2.89. The van der Waals surface area contributed by atoms with E-state index in [1.165, 1.54) is 5.56 Å². The van der Waals surface area contributed by atoms with Gasteiger partial charge in [0.25, 0.3) is 5.91 Å². The lowest BCUT2D eigenvalue weighted by molar-refractivity contribution is -0.115. The van der Waals surface area contributed by atoms with Crippen LogP contribution in [0.25, 0.3) is 0 Å². The van der Waals surface area contributed by atoms with E-state index in [1.807, 2.05) is 79.4 Å². The number of amides is 2. The van der Waals surface area contributed by atoms with Gasteiger partial charge in [-0.3, -0.25) is 14.5 Å². The highest BCUT2D eigenvalue weighted by molar-refractivity contribution is 8.00. The normalized spacial score (nSPS) is 16.2. The maximum absolute atomic E-state index is 13.1. The van der Waals surface area contributed by atoms with Crippen LogP contribution in [0.15, 0.2) is 66.7 Å². The van der Waals surface area contributed by atoms with Gasteiger partial charge in [0.15, 0.2) is 0 Å². The van der Waals surface area contributed by atoms with Gasteiger partial charge in [-0.2, -0.15) is 0 Å². The third-order valence-electron chi connectivity index (χ3n) is 5.97. The van der Waals surface area contributed by atoms with Gasteiger partial charge < -0.3 is 5.32 Å². The zero-order valence-corrected chi connectivity index (χ0v) is 20.6. The zero-order valence-electron chi connectivity index (χ0n) is 19.8. The molecule has 1 fully saturated rings. The van der Waals surface area contributed by atoms with Gasteiger partial charge >= 0.3 is 0 Å². The molecule has 1 N–H and O–H groups in total. The molecule has 1 heterocycles. The van der Waals surface area contributed by atoms with Gasteiger partial charge in [0.2, 0.25) is 5.91 Å². The maximum atomic E-state index is 13.1. The third-order valence-corrected chi connectivity index (χ3v) is 7.16. The molecular weight excluding hydrogens is 428 g/mol. The van der Waals surface area contributed by atoms with Crippen LogP contribution in [-0.4, -0.2) is 17.6 Å². The highest BCUT2D eigenvalue weighted by Gasteiger charge is 2.36. The quantitative estimate of drug-likeness (QED) is 0.477. The highest BCUT2D eigenvalue weighted by Crippen LogP contribution is 2.45. The van der Waals surface area contributed by atoms with Gasteiger partial charge in [0.05, 0.1) is 5.75 Å². The Hall–Kier alpha value is -3.05. The Morgan fingerprint density at radius 2 is 1.70 bits per heavy atom. The summed E-state index contributed by atoms with van der Waals surface area (Å²) in [6.45, 7) is 10.5. The number of aryl methyl sites for hydroxylation is 2. The van der Waals surface area contributed by atoms with E-state index < -0.39 is 0 Å². The summed E-state index contributed by atoms with van der Waals surface area (Å²) < 4.78 is 0. The van der Waals surface area contributed by atoms with Gasteiger partial charge in [-0.25, -0.2) is 0 Å². The van der Waals surface area contributed by atoms with E-state index in [4.69, 9.17) is 0 Å². The molecule has 5 heteroatoms. The molecule has 2 amide bonds. The Morgan fingerprint density at radius 3 is 2.36 bits per heavy atom. The van der Waals surface area contributed by atoms with Gasteiger partial charge in [-0.15, -0.1) is 11.8 Å². The first-order valence-corrected chi connectivity index (χ1v) is 12.2. The second-order valence-corrected chi connectivity index (χ2v) is 10.7. The molecule has 1 saturated heterocycles. The largest absolute Gasteiger partial charge is 0.322 e. The predicted octanol–water partition coefficient (Wildman–Crippen LogP) is 6.63. The van der Waals surface area contributed by atoms with Crippen LogP contribution in [-0.2, 0) is 10.2 Å². The van der Waals surface area contributed by atoms with E-state index in [1.54, 1.807) is 11.8 Å². The van der Waals surface area contributed by atoms with Crippen molar-refractivity contribution in [2.75, 3.05) is 16.0 Å². The van der Waals surface area contributed by atoms with Gasteiger partial charge in [0.1, 0.15) is 5.37 Å². The van der Waals surface area contributed by atoms with Gasteiger partial charge in [-0.05, 0) is 54.7 Å². The Morgan fingerprint density at radius 1 is 1.00 bits per heavy atom. The van der Waals surface area contributed by atoms with Crippen molar-refractivity contribution < 1.29 is 9.59 Å². The lowest BCUT2D eigenvalue weighted by Gasteiger charge is -2.27. The predicted molar refractivity (Wildman–Crippen MR) is 138 cm³/mol. The zero-order chi connectivity index (χ0) is 23.8. The van der Waals surface area contributed by atoms with Gasteiger partial charge in [-0.1, -0.05) is 68.8 Å². The minimum absolute atomic E-state index is 0.0331. The second kappa shape index (κ2) is 9.06. The molecule has 1 atom stereocenters. The first kappa shape index (κ1) is 23.1. The Kier molecular flexibility index (Phi) is 6.35. The highest BCUT2D eigenvalue weighted by atomic mass is 32.2. The third kappa shape index (κ3) is 4.83. The Labute approximate surface area is 200 Å². The number of para-hydroxylation sites is 1. The SMILES string of the molecule is Cc1ccc(N2C(=O)CS[C@H]2c2ccccc2NC(=O)c2ccc(C(C)(C)C)cc2)c(C)c1. The number of benzene rings is 3. The molecule has 1 aliphatic rings. The molecule has 170 valence electrons. The number of thioether (sulfide) groups is 1. The molecule has 33 heavy (non-hydrogen) atoms. The number of anilines is 2. The summed E-state index contributed by atoms with van der Waals surface area (Å²) in [5.74, 6) is 0.334. The number of nitrogens with one attached hydrogen (secondary N) is 1. The summed E-state index contributed by atoms with van der Waals surface area (Å²) in [5.41, 5.74) is 6.62. The number of hydrogen-bond acceptors (Lipinski definition) is 3. The maximum Gasteiger partial charge on any atom is 0.255 e. The summed E-state index contributed by atoms with van der Waals surface area (Å²) in [6, 6.07) is 21.6. The molecule has 3 aromatic rings. The van der Waals surface area contributed by atoms with Crippen molar-refractivity contribution in [3.05, 3.63) is 94.5 Å². The lowest BCUT2D eigenvalue weighted by Crippen LogP contribution is -2.29. The molecule has 0 unspecified atom stereocenters. The van der Waals surface area contributed by atoms with E-state index in [-0.39, 0.29) is 22.6 Å². The van der Waals surface area contributed by atoms with E-state index in [2.05, 4.69) is 32.2 Å². The number of carbonyl (C=O) groups is 2. The summed E-state index contributed by atoms with van der Waals surface area (Å²) in [4.78, 5) is 27.8. The second-order valence-electron chi connectivity index (χ2n) is 9.59. The van der Waals surface area contributed by atoms with Crippen LogP contribution in [0, 0.1) is 13.8 Å². The first-order valence-electron chi connectivity index (χ1n) is 11.2. The molecule has 0 saturated carbocycles. The van der Waals surface area contributed by atoms with Gasteiger partial charge in [0, 0.05) is 22.5 Å². The number of nitrogens with zero attached hydrogens (tertiary/aromatic N) is 1. The molecular formula is C28H30N2O2S. The van der Waals surface area contributed by atoms with Crippen LogP contribution in [0.5, 0.6) is 0 Å². The standard InChI is InChI=1S/C28H30N2O2S/c1-18-10-15-24(19(2)16-18)30-25(31)17-33-27(30)22-8-6-7-9-23(22)29-26(32)20-11-13-21(14-12-20)28(3,4)5/h6-16,27H,17H2,1-5H3,(H,29,32)/t27-/m0/s1. The van der Waals surface area contributed by atoms with E-state index in [0.29, 0.717) is 11.3 Å². The summed E-state index contributed by atoms with van der Waals surface area (Å²) in [6.07, 6.45) is 0. The molecule has 3 aromatic carbocycles. The van der Waals surface area contributed by atoms with Crippen LogP contribution in [0.4, 0.5) is 11.4 Å². The average Bonchev–Trinajstić information content (AvgIpc) is 3.14. The smallest absolute Gasteiger partial charge is 0.255 e. The average molecular weight is 459 g/mol. The molecule has 4 rings (SSSR count). The van der Waals surface area contributed by atoms with Crippen LogP contribution in [0.3, 0.4) is 0 Å². The van der Waals surface area contributed by atoms with Crippen molar-refractivity contribution in [2.24, 2.45) is 0 Å². The molecule has 0 aliphatic carbocycles. The van der Waals surface area contributed by atoms with Crippen LogP contribution < -0.4 is 10.2 Å². The fourth-order valence-electron chi connectivity index (χ4n) is 4.13. The summed E-state index contributed by atoms with van der Waals surface area (Å²) in [7, 11) is 0. The van der Waals surface area contributed by atoms with Crippen LogP contribution >= 0.6 is 11.8 Å². The van der Waals surface area contributed by atoms with E-state index in [9.17, 15) is 9.59 Å². The Bertz CT molecular complexity index is 1200. The number of carbonyl (C=O) groups excluding carboxylic acids is 2. The Balaban J connectivity index is 1.63. The van der Waals surface area contributed by atoms with Crippen molar-refractivity contribution in [1.29, 1.82) is 0 Å². The fourth-order valence-corrected chi connectivity index (χ4v) is 5.34. The lowest BCUT2D eigenvalue weighted by atomic mass is 9.86. The van der Waals surface area contributed by atoms with Crippen molar-refractivity contribution in [2.45, 2.75) is 45.4 Å². The first-order chi connectivity index (χ1) is 15.6. The molecule has 0 bridgehead atoms. The molecule has 0 aromatic heterocycles. The fraction of sp³-hybridized carbons (Fsp3) is 0.286. The van der Waals surface area contributed by atoms with Crippen molar-refractivity contribution in [3.8, 4) is 0 Å². The van der Waals surface area contributed by atoms with Crippen LogP contribution in [0.1, 0.15) is 58.8 Å².